The van der Waals surface area contributed by atoms with E-state index in [0.717, 1.165) is 0 Å². The number of rotatable bonds is 4. The maximum Gasteiger partial charge on any atom is 0.251 e. The maximum atomic E-state index is 11.2. The number of nitrogen functional groups attached to an aromatic ring is 1. The highest BCUT2D eigenvalue weighted by molar-refractivity contribution is 9.10. The molecule has 7 heteroatoms. The minimum atomic E-state index is -0.636. The highest BCUT2D eigenvalue weighted by Gasteiger charge is 2.11. The number of methoxy groups -OCH3 is 1. The van der Waals surface area contributed by atoms with Gasteiger partial charge in [-0.25, -0.2) is 4.98 Å². The minimum absolute atomic E-state index is 0.166. The Morgan fingerprint density at radius 3 is 2.70 bits per heavy atom. The second-order valence-corrected chi connectivity index (χ2v) is 4.73. The SMILES string of the molecule is COc1ccc(Oc2cc(C(N)=O)c(N)cn2)c(Br)c1. The summed E-state index contributed by atoms with van der Waals surface area (Å²) in [7, 11) is 1.57. The first-order valence-corrected chi connectivity index (χ1v) is 6.37. The normalized spacial score (nSPS) is 10.1. The van der Waals surface area contributed by atoms with E-state index in [1.54, 1.807) is 25.3 Å². The number of nitrogens with two attached hydrogens (primary N) is 2. The van der Waals surface area contributed by atoms with Crippen molar-refractivity contribution >= 4 is 27.5 Å². The van der Waals surface area contributed by atoms with Crippen molar-refractivity contribution in [2.45, 2.75) is 0 Å². The van der Waals surface area contributed by atoms with E-state index in [2.05, 4.69) is 20.9 Å². The Hall–Kier alpha value is -2.28. The number of primary amides is 1. The summed E-state index contributed by atoms with van der Waals surface area (Å²) in [6, 6.07) is 6.60. The summed E-state index contributed by atoms with van der Waals surface area (Å²) in [5.74, 6) is 0.799. The van der Waals surface area contributed by atoms with Crippen LogP contribution in [0.15, 0.2) is 34.9 Å². The molecule has 0 atom stereocenters. The molecule has 0 unspecified atom stereocenters. The Labute approximate surface area is 123 Å². The highest BCUT2D eigenvalue weighted by Crippen LogP contribution is 2.32. The molecule has 4 N–H and O–H groups in total. The second-order valence-electron chi connectivity index (χ2n) is 3.87. The number of pyridine rings is 1. The van der Waals surface area contributed by atoms with Gasteiger partial charge in [-0.2, -0.15) is 0 Å². The third-order valence-corrected chi connectivity index (χ3v) is 3.15. The number of amides is 1. The molecule has 0 aliphatic heterocycles. The zero-order chi connectivity index (χ0) is 14.7. The molecule has 0 saturated carbocycles. The Bertz CT molecular complexity index is 661. The van der Waals surface area contributed by atoms with E-state index < -0.39 is 5.91 Å². The largest absolute Gasteiger partial charge is 0.497 e. The summed E-state index contributed by atoms with van der Waals surface area (Å²) in [5.41, 5.74) is 11.2. The van der Waals surface area contributed by atoms with Gasteiger partial charge in [0.05, 0.1) is 29.0 Å². The molecule has 0 radical (unpaired) electrons. The standard InChI is InChI=1S/C13H12BrN3O3/c1-19-7-2-3-11(9(14)4-7)20-12-5-8(13(16)18)10(15)6-17-12/h2-6H,15H2,1H3,(H2,16,18). The summed E-state index contributed by atoms with van der Waals surface area (Å²) in [5, 5.41) is 0. The molecule has 0 spiro atoms. The number of halogens is 1. The predicted molar refractivity (Wildman–Crippen MR) is 77.9 cm³/mol. The van der Waals surface area contributed by atoms with E-state index in [1.807, 2.05) is 0 Å². The Morgan fingerprint density at radius 2 is 2.10 bits per heavy atom. The Kier molecular flexibility index (Phi) is 4.09. The van der Waals surface area contributed by atoms with Gasteiger partial charge in [0.25, 0.3) is 5.91 Å². The van der Waals surface area contributed by atoms with Crippen molar-refractivity contribution in [2.75, 3.05) is 12.8 Å². The van der Waals surface area contributed by atoms with E-state index in [-0.39, 0.29) is 17.1 Å². The van der Waals surface area contributed by atoms with E-state index in [1.165, 1.54) is 12.3 Å². The lowest BCUT2D eigenvalue weighted by Crippen LogP contribution is -2.13. The average Bonchev–Trinajstić information content (AvgIpc) is 2.42. The molecular weight excluding hydrogens is 326 g/mol. The zero-order valence-corrected chi connectivity index (χ0v) is 12.2. The molecule has 1 amide bonds. The Balaban J connectivity index is 2.30. The first kappa shape index (κ1) is 14.1. The summed E-state index contributed by atoms with van der Waals surface area (Å²) >= 11 is 3.36. The number of carbonyl (C=O) groups excluding carboxylic acids is 1. The van der Waals surface area contributed by atoms with Gasteiger partial charge in [0.15, 0.2) is 0 Å². The molecule has 2 aromatic rings. The minimum Gasteiger partial charge on any atom is -0.497 e. The quantitative estimate of drug-likeness (QED) is 0.891. The van der Waals surface area contributed by atoms with Crippen molar-refractivity contribution < 1.29 is 14.3 Å². The molecule has 1 aromatic heterocycles. The number of hydrogen-bond acceptors (Lipinski definition) is 5. The van der Waals surface area contributed by atoms with Crippen molar-refractivity contribution in [3.8, 4) is 17.4 Å². The molecule has 104 valence electrons. The lowest BCUT2D eigenvalue weighted by atomic mass is 10.2. The first-order valence-electron chi connectivity index (χ1n) is 5.58. The van der Waals surface area contributed by atoms with Crippen molar-refractivity contribution in [1.29, 1.82) is 0 Å². The van der Waals surface area contributed by atoms with Crippen LogP contribution in [0, 0.1) is 0 Å². The molecule has 0 saturated heterocycles. The number of nitrogens with zero attached hydrogens (tertiary/aromatic N) is 1. The molecule has 6 nitrogen and oxygen atoms in total. The van der Waals surface area contributed by atoms with E-state index in [0.29, 0.717) is 16.0 Å². The van der Waals surface area contributed by atoms with Crippen LogP contribution in [0.3, 0.4) is 0 Å². The fraction of sp³-hybridized carbons (Fsp3) is 0.0769. The number of aromatic nitrogens is 1. The third-order valence-electron chi connectivity index (χ3n) is 2.53. The fourth-order valence-corrected chi connectivity index (χ4v) is 1.96. The molecule has 1 aromatic carbocycles. The van der Waals surface area contributed by atoms with Gasteiger partial charge in [-0.3, -0.25) is 4.79 Å². The Morgan fingerprint density at radius 1 is 1.35 bits per heavy atom. The van der Waals surface area contributed by atoms with E-state index in [9.17, 15) is 4.79 Å². The summed E-state index contributed by atoms with van der Waals surface area (Å²) in [4.78, 5) is 15.2. The number of carbonyl (C=O) groups is 1. The van der Waals surface area contributed by atoms with Crippen LogP contribution in [0.25, 0.3) is 0 Å². The van der Waals surface area contributed by atoms with E-state index in [4.69, 9.17) is 20.9 Å². The number of benzene rings is 1. The monoisotopic (exact) mass is 337 g/mol. The van der Waals surface area contributed by atoms with Gasteiger partial charge in [0.2, 0.25) is 5.88 Å². The van der Waals surface area contributed by atoms with E-state index >= 15 is 0 Å². The lowest BCUT2D eigenvalue weighted by molar-refractivity contribution is 0.100. The van der Waals surface area contributed by atoms with Gasteiger partial charge in [-0.05, 0) is 34.1 Å². The summed E-state index contributed by atoms with van der Waals surface area (Å²) in [6.45, 7) is 0. The van der Waals surface area contributed by atoms with Crippen molar-refractivity contribution in [2.24, 2.45) is 5.73 Å². The van der Waals surface area contributed by atoms with Crippen LogP contribution in [0.2, 0.25) is 0 Å². The summed E-state index contributed by atoms with van der Waals surface area (Å²) < 4.78 is 11.4. The predicted octanol–water partition coefficient (Wildman–Crippen LogP) is 2.33. The van der Waals surface area contributed by atoms with Crippen LogP contribution in [-0.2, 0) is 0 Å². The molecule has 0 aliphatic carbocycles. The topological polar surface area (TPSA) is 100 Å². The van der Waals surface area contributed by atoms with Gasteiger partial charge in [0.1, 0.15) is 11.5 Å². The molecule has 0 bridgehead atoms. The smallest absolute Gasteiger partial charge is 0.251 e. The molecular formula is C13H12BrN3O3. The summed E-state index contributed by atoms with van der Waals surface area (Å²) in [6.07, 6.45) is 1.33. The average molecular weight is 338 g/mol. The van der Waals surface area contributed by atoms with Gasteiger partial charge in [0, 0.05) is 6.07 Å². The van der Waals surface area contributed by atoms with Crippen LogP contribution < -0.4 is 20.9 Å². The van der Waals surface area contributed by atoms with Gasteiger partial charge >= 0.3 is 0 Å². The lowest BCUT2D eigenvalue weighted by Gasteiger charge is -2.09. The first-order chi connectivity index (χ1) is 9.51. The van der Waals surface area contributed by atoms with Gasteiger partial charge < -0.3 is 20.9 Å². The second kappa shape index (κ2) is 5.79. The molecule has 20 heavy (non-hydrogen) atoms. The number of ether oxygens (including phenoxy) is 2. The highest BCUT2D eigenvalue weighted by atomic mass is 79.9. The van der Waals surface area contributed by atoms with Gasteiger partial charge in [-0.1, -0.05) is 0 Å². The third kappa shape index (κ3) is 3.00. The van der Waals surface area contributed by atoms with Crippen LogP contribution in [0.1, 0.15) is 10.4 Å². The van der Waals surface area contributed by atoms with Crippen LogP contribution in [-0.4, -0.2) is 18.0 Å². The zero-order valence-electron chi connectivity index (χ0n) is 10.6. The fourth-order valence-electron chi connectivity index (χ4n) is 1.52. The number of anilines is 1. The molecule has 1 heterocycles. The number of hydrogen-bond donors (Lipinski definition) is 2. The van der Waals surface area contributed by atoms with Crippen LogP contribution in [0.5, 0.6) is 17.4 Å². The van der Waals surface area contributed by atoms with Gasteiger partial charge in [-0.15, -0.1) is 0 Å². The van der Waals surface area contributed by atoms with Crippen molar-refractivity contribution in [3.63, 3.8) is 0 Å². The van der Waals surface area contributed by atoms with Crippen molar-refractivity contribution in [1.82, 2.24) is 4.98 Å². The molecule has 0 fully saturated rings. The molecule has 2 rings (SSSR count). The van der Waals surface area contributed by atoms with Crippen LogP contribution in [0.4, 0.5) is 5.69 Å². The van der Waals surface area contributed by atoms with Crippen molar-refractivity contribution in [3.05, 3.63) is 40.5 Å². The molecule has 0 aliphatic rings. The maximum absolute atomic E-state index is 11.2. The van der Waals surface area contributed by atoms with Crippen LogP contribution >= 0.6 is 15.9 Å².